The van der Waals surface area contributed by atoms with Crippen molar-refractivity contribution in [2.75, 3.05) is 6.54 Å². The third kappa shape index (κ3) is 11.8. The molecular weight excluding hydrogens is 558 g/mol. The fourth-order valence-electron chi connectivity index (χ4n) is 4.34. The summed E-state index contributed by atoms with van der Waals surface area (Å²) in [7, 11) is 0. The summed E-state index contributed by atoms with van der Waals surface area (Å²) in [5.74, 6) is -7.04. The first kappa shape index (κ1) is 35.9. The second-order valence-electron chi connectivity index (χ2n) is 10.2. The third-order valence-corrected chi connectivity index (χ3v) is 7.01. The summed E-state index contributed by atoms with van der Waals surface area (Å²) >= 11 is 0. The summed E-state index contributed by atoms with van der Waals surface area (Å²) in [6, 6.07) is -6.02. The highest BCUT2D eigenvalue weighted by Gasteiger charge is 2.40. The van der Waals surface area contributed by atoms with E-state index in [1.807, 2.05) is 0 Å². The number of nitrogens with zero attached hydrogens (tertiary/aromatic N) is 1. The zero-order chi connectivity index (χ0) is 32.0. The number of hydrogen-bond acceptors (Lipinski definition) is 9. The van der Waals surface area contributed by atoms with Crippen LogP contribution in [0.25, 0.3) is 0 Å². The maximum absolute atomic E-state index is 13.7. The van der Waals surface area contributed by atoms with E-state index >= 15 is 0 Å². The number of carbonyl (C=O) groups is 7. The normalized spacial score (nSPS) is 18.1. The highest BCUT2D eigenvalue weighted by molar-refractivity contribution is 5.95. The monoisotopic (exact) mass is 598 g/mol. The van der Waals surface area contributed by atoms with Crippen LogP contribution in [0.2, 0.25) is 0 Å². The molecule has 0 saturated carbocycles. The molecular formula is C26H40N5O11. The number of likely N-dealkylation sites (tertiary alicyclic amines) is 1. The van der Waals surface area contributed by atoms with Gasteiger partial charge in [0.15, 0.2) is 0 Å². The van der Waals surface area contributed by atoms with Crippen LogP contribution in [0.1, 0.15) is 71.6 Å². The molecule has 6 atom stereocenters. The molecule has 0 aromatic rings. The van der Waals surface area contributed by atoms with Crippen LogP contribution in [0.3, 0.4) is 0 Å². The van der Waals surface area contributed by atoms with Crippen LogP contribution in [0.5, 0.6) is 0 Å². The Hall–Kier alpha value is -4.08. The van der Waals surface area contributed by atoms with Gasteiger partial charge in [-0.05, 0) is 38.0 Å². The molecule has 1 saturated heterocycles. The van der Waals surface area contributed by atoms with E-state index in [0.717, 1.165) is 0 Å². The topological polar surface area (TPSA) is 263 Å². The molecule has 1 aliphatic rings. The van der Waals surface area contributed by atoms with Crippen molar-refractivity contribution in [2.24, 2.45) is 11.7 Å². The van der Waals surface area contributed by atoms with Gasteiger partial charge in [0.2, 0.25) is 29.9 Å². The SMILES string of the molecule is CC[C@H](C)[C@H](NC(=O)[C@H](CCC(=O)O)NC(=O)[C@@H](N)CCC(=O)O)C(=O)N1CCC[C@H]1C(=O)N[C@H]([C]=O)CCC(=O)O. The molecule has 4 amide bonds. The summed E-state index contributed by atoms with van der Waals surface area (Å²) in [5.41, 5.74) is 5.72. The fraction of sp³-hybridized carbons (Fsp3) is 0.692. The van der Waals surface area contributed by atoms with Gasteiger partial charge in [0, 0.05) is 25.8 Å². The van der Waals surface area contributed by atoms with Gasteiger partial charge < -0.3 is 41.9 Å². The van der Waals surface area contributed by atoms with Crippen molar-refractivity contribution in [2.45, 2.75) is 102 Å². The van der Waals surface area contributed by atoms with E-state index in [1.54, 1.807) is 20.1 Å². The van der Waals surface area contributed by atoms with Crippen molar-refractivity contribution in [3.8, 4) is 0 Å². The summed E-state index contributed by atoms with van der Waals surface area (Å²) in [5, 5.41) is 34.1. The Morgan fingerprint density at radius 3 is 2.00 bits per heavy atom. The average molecular weight is 599 g/mol. The van der Waals surface area contributed by atoms with Crippen LogP contribution in [0.15, 0.2) is 0 Å². The van der Waals surface area contributed by atoms with E-state index in [4.69, 9.17) is 21.1 Å². The van der Waals surface area contributed by atoms with Crippen LogP contribution in [0, 0.1) is 5.92 Å². The Labute approximate surface area is 242 Å². The molecule has 235 valence electrons. The number of amides is 4. The van der Waals surface area contributed by atoms with E-state index in [9.17, 15) is 38.4 Å². The van der Waals surface area contributed by atoms with Gasteiger partial charge in [0.05, 0.1) is 12.1 Å². The van der Waals surface area contributed by atoms with Crippen molar-refractivity contribution >= 4 is 47.8 Å². The van der Waals surface area contributed by atoms with Crippen molar-refractivity contribution in [1.82, 2.24) is 20.9 Å². The van der Waals surface area contributed by atoms with E-state index in [-0.39, 0.29) is 38.6 Å². The van der Waals surface area contributed by atoms with Crippen LogP contribution < -0.4 is 21.7 Å². The van der Waals surface area contributed by atoms with Gasteiger partial charge in [-0.2, -0.15) is 0 Å². The lowest BCUT2D eigenvalue weighted by molar-refractivity contribution is -0.143. The lowest BCUT2D eigenvalue weighted by atomic mass is 9.96. The zero-order valence-corrected chi connectivity index (χ0v) is 23.7. The lowest BCUT2D eigenvalue weighted by Gasteiger charge is -2.32. The van der Waals surface area contributed by atoms with Gasteiger partial charge in [-0.1, -0.05) is 20.3 Å². The van der Waals surface area contributed by atoms with Crippen LogP contribution >= 0.6 is 0 Å². The second kappa shape index (κ2) is 17.7. The molecule has 0 spiro atoms. The molecule has 0 bridgehead atoms. The summed E-state index contributed by atoms with van der Waals surface area (Å²) in [6.07, 6.45) is 0.684. The maximum Gasteiger partial charge on any atom is 0.303 e. The minimum Gasteiger partial charge on any atom is -0.481 e. The van der Waals surface area contributed by atoms with Crippen molar-refractivity contribution in [1.29, 1.82) is 0 Å². The van der Waals surface area contributed by atoms with E-state index in [1.165, 1.54) is 4.90 Å². The Balaban J connectivity index is 3.09. The molecule has 0 unspecified atom stereocenters. The number of carbonyl (C=O) groups excluding carboxylic acids is 5. The Bertz CT molecular complexity index is 1020. The molecule has 0 aliphatic carbocycles. The first-order valence-corrected chi connectivity index (χ1v) is 13.7. The van der Waals surface area contributed by atoms with E-state index in [2.05, 4.69) is 16.0 Å². The van der Waals surface area contributed by atoms with Gasteiger partial charge in [0.25, 0.3) is 0 Å². The number of aliphatic carboxylic acids is 3. The van der Waals surface area contributed by atoms with Gasteiger partial charge in [0.1, 0.15) is 18.1 Å². The van der Waals surface area contributed by atoms with Crippen LogP contribution in [0.4, 0.5) is 0 Å². The molecule has 1 aliphatic heterocycles. The zero-order valence-electron chi connectivity index (χ0n) is 23.7. The molecule has 42 heavy (non-hydrogen) atoms. The lowest BCUT2D eigenvalue weighted by Crippen LogP contribution is -2.59. The quantitative estimate of drug-likeness (QED) is 0.0896. The van der Waals surface area contributed by atoms with Gasteiger partial charge in [-0.25, -0.2) is 0 Å². The molecule has 1 fully saturated rings. The van der Waals surface area contributed by atoms with Crippen LogP contribution in [-0.4, -0.2) is 105 Å². The Morgan fingerprint density at radius 2 is 1.45 bits per heavy atom. The number of carboxylic acid groups (broad SMARTS) is 3. The summed E-state index contributed by atoms with van der Waals surface area (Å²) in [6.45, 7) is 3.62. The standard InChI is InChI=1S/C26H40N5O11/c1-3-14(2)22(26(42)31-12-4-5-18(31)25(41)28-15(13-32)6-9-19(33)34)30-24(40)17(8-11-21(37)38)29-23(39)16(27)7-10-20(35)36/h14-18,22H,3-12,27H2,1-2H3,(H,28,41)(H,29,39)(H,30,40)(H,33,34)(H,35,36)(H,37,38)/t14-,15-,16-,17-,18-,22-/m0/s1. The molecule has 16 nitrogen and oxygen atoms in total. The van der Waals surface area contributed by atoms with Crippen molar-refractivity contribution in [3.63, 3.8) is 0 Å². The number of nitrogens with one attached hydrogen (secondary N) is 3. The smallest absolute Gasteiger partial charge is 0.303 e. The number of nitrogens with two attached hydrogens (primary N) is 1. The molecule has 1 radical (unpaired) electrons. The number of hydrogen-bond donors (Lipinski definition) is 7. The highest BCUT2D eigenvalue weighted by Crippen LogP contribution is 2.22. The second-order valence-corrected chi connectivity index (χ2v) is 10.2. The molecule has 0 aromatic heterocycles. The van der Waals surface area contributed by atoms with Gasteiger partial charge in [-0.15, -0.1) is 0 Å². The van der Waals surface area contributed by atoms with E-state index < -0.39 is 90.5 Å². The average Bonchev–Trinajstić information content (AvgIpc) is 3.43. The molecule has 1 rings (SSSR count). The number of carboxylic acids is 3. The summed E-state index contributed by atoms with van der Waals surface area (Å²) < 4.78 is 0. The van der Waals surface area contributed by atoms with Gasteiger partial charge >= 0.3 is 17.9 Å². The minimum absolute atomic E-state index is 0.169. The van der Waals surface area contributed by atoms with E-state index in [0.29, 0.717) is 12.8 Å². The Kier molecular flexibility index (Phi) is 15.1. The van der Waals surface area contributed by atoms with Crippen LogP contribution in [-0.2, 0) is 38.4 Å². The highest BCUT2D eigenvalue weighted by atomic mass is 16.4. The predicted molar refractivity (Wildman–Crippen MR) is 144 cm³/mol. The first-order chi connectivity index (χ1) is 19.7. The molecule has 16 heteroatoms. The third-order valence-electron chi connectivity index (χ3n) is 7.01. The largest absolute Gasteiger partial charge is 0.481 e. The molecule has 8 N–H and O–H groups in total. The predicted octanol–water partition coefficient (Wildman–Crippen LogP) is -1.49. The maximum atomic E-state index is 13.7. The Morgan fingerprint density at radius 1 is 0.881 bits per heavy atom. The van der Waals surface area contributed by atoms with Crippen molar-refractivity contribution < 1.29 is 53.7 Å². The molecule has 1 heterocycles. The van der Waals surface area contributed by atoms with Crippen molar-refractivity contribution in [3.05, 3.63) is 0 Å². The van der Waals surface area contributed by atoms with Gasteiger partial charge in [-0.3, -0.25) is 38.4 Å². The first-order valence-electron chi connectivity index (χ1n) is 13.7. The summed E-state index contributed by atoms with van der Waals surface area (Å²) in [4.78, 5) is 97.6. The fourth-order valence-corrected chi connectivity index (χ4v) is 4.34. The molecule has 0 aromatic carbocycles. The minimum atomic E-state index is -1.40. The number of rotatable bonds is 19.